The lowest BCUT2D eigenvalue weighted by Crippen LogP contribution is -2.20. The molecule has 0 bridgehead atoms. The molecule has 1 aliphatic carbocycles. The molecule has 1 heterocycles. The summed E-state index contributed by atoms with van der Waals surface area (Å²) in [6.45, 7) is 2.60. The smallest absolute Gasteiger partial charge is 0.0614 e. The molecule has 1 unspecified atom stereocenters. The van der Waals surface area contributed by atoms with Gasteiger partial charge in [0.1, 0.15) is 5.30 Å². The molecule has 1 heteroatoms. The third-order valence-electron chi connectivity index (χ3n) is 5.60. The maximum Gasteiger partial charge on any atom is 0.106 e. The summed E-state index contributed by atoms with van der Waals surface area (Å²) < 4.78 is 0. The monoisotopic (exact) mass is 301 g/mol. The maximum absolute atomic E-state index is 2.61. The van der Waals surface area contributed by atoms with E-state index in [1.807, 2.05) is 0 Å². The highest BCUT2D eigenvalue weighted by atomic mass is 31.2. The minimum absolute atomic E-state index is 0.940. The average molecular weight is 301 g/mol. The molecule has 0 spiro atoms. The van der Waals surface area contributed by atoms with Crippen LogP contribution in [0.1, 0.15) is 69.8 Å². The van der Waals surface area contributed by atoms with Gasteiger partial charge in [-0.05, 0) is 37.8 Å². The third-order valence-corrected chi connectivity index (χ3v) is 9.85. The molecule has 21 heavy (non-hydrogen) atoms. The fourth-order valence-electron chi connectivity index (χ4n) is 4.20. The van der Waals surface area contributed by atoms with Crippen LogP contribution in [-0.2, 0) is 0 Å². The fourth-order valence-corrected chi connectivity index (χ4v) is 8.02. The predicted octanol–water partition coefficient (Wildman–Crippen LogP) is 6.23. The Bertz CT molecular complexity index is 478. The van der Waals surface area contributed by atoms with Crippen LogP contribution < -0.4 is 5.30 Å². The van der Waals surface area contributed by atoms with Crippen LogP contribution in [0.4, 0.5) is 0 Å². The molecule has 2 aliphatic rings. The molecule has 1 aromatic carbocycles. The van der Waals surface area contributed by atoms with E-state index in [0.29, 0.717) is 0 Å². The summed E-state index contributed by atoms with van der Waals surface area (Å²) in [5.41, 5.74) is 2.44. The Morgan fingerprint density at radius 2 is 1.38 bits per heavy atom. The Hall–Kier alpha value is -0.610. The highest BCUT2D eigenvalue weighted by Gasteiger charge is 2.44. The minimum Gasteiger partial charge on any atom is -0.0614 e. The van der Waals surface area contributed by atoms with Crippen molar-refractivity contribution in [3.8, 4) is 0 Å². The van der Waals surface area contributed by atoms with E-state index in [2.05, 4.69) is 42.8 Å². The quantitative estimate of drug-likeness (QED) is 0.540. The Balaban J connectivity index is 1.77. The molecule has 1 fully saturated rings. The van der Waals surface area contributed by atoms with Crippen LogP contribution in [0.15, 0.2) is 30.1 Å². The van der Waals surface area contributed by atoms with Crippen molar-refractivity contribution >= 4 is 18.6 Å². The Kier molecular flexibility index (Phi) is 5.17. The highest BCUT2D eigenvalue weighted by Crippen LogP contribution is 2.66. The van der Waals surface area contributed by atoms with E-state index in [1.165, 1.54) is 69.8 Å². The number of hydrogen-bond donors (Lipinski definition) is 0. The van der Waals surface area contributed by atoms with Crippen LogP contribution in [-0.4, -0.2) is 12.3 Å². The van der Waals surface area contributed by atoms with Crippen molar-refractivity contribution in [2.75, 3.05) is 6.66 Å². The van der Waals surface area contributed by atoms with Crippen LogP contribution in [0.3, 0.4) is 0 Å². The molecule has 0 saturated heterocycles. The van der Waals surface area contributed by atoms with Gasteiger partial charge in [0.05, 0.1) is 25.4 Å². The first-order valence-corrected chi connectivity index (χ1v) is 11.3. The second kappa shape index (κ2) is 7.10. The molecule has 1 aliphatic heterocycles. The molecule has 0 nitrogen and oxygen atoms in total. The van der Waals surface area contributed by atoms with Gasteiger partial charge >= 0.3 is 0 Å². The van der Waals surface area contributed by atoms with Crippen molar-refractivity contribution in [1.82, 2.24) is 0 Å². The van der Waals surface area contributed by atoms with Crippen molar-refractivity contribution in [2.45, 2.75) is 69.9 Å². The zero-order valence-electron chi connectivity index (χ0n) is 13.6. The summed E-state index contributed by atoms with van der Waals surface area (Å²) >= 11 is 0. The normalized spacial score (nSPS) is 28.0. The molecule has 0 amide bonds. The third kappa shape index (κ3) is 3.42. The minimum atomic E-state index is -1.06. The lowest BCUT2D eigenvalue weighted by molar-refractivity contribution is 0.585. The van der Waals surface area contributed by atoms with Gasteiger partial charge in [0.25, 0.3) is 0 Å². The van der Waals surface area contributed by atoms with Gasteiger partial charge in [-0.15, -0.1) is 0 Å². The van der Waals surface area contributed by atoms with E-state index in [1.54, 1.807) is 5.30 Å². The molecule has 1 atom stereocenters. The second-order valence-electron chi connectivity index (χ2n) is 7.08. The summed E-state index contributed by atoms with van der Waals surface area (Å²) in [5, 5.41) is 1.69. The molecule has 1 aromatic rings. The van der Waals surface area contributed by atoms with Gasteiger partial charge in [0, 0.05) is 5.56 Å². The lowest BCUT2D eigenvalue weighted by Gasteiger charge is -2.27. The second-order valence-corrected chi connectivity index (χ2v) is 10.9. The summed E-state index contributed by atoms with van der Waals surface area (Å²) in [6.07, 6.45) is 17.0. The van der Waals surface area contributed by atoms with Gasteiger partial charge in [-0.2, -0.15) is 0 Å². The molecule has 114 valence electrons. The van der Waals surface area contributed by atoms with E-state index < -0.39 is 7.26 Å². The molecular formula is C20H30P+. The van der Waals surface area contributed by atoms with E-state index >= 15 is 0 Å². The first-order valence-electron chi connectivity index (χ1n) is 8.95. The topological polar surface area (TPSA) is 0 Å². The zero-order chi connectivity index (χ0) is 14.5. The number of rotatable bonds is 1. The first kappa shape index (κ1) is 15.3. The first-order chi connectivity index (χ1) is 10.3. The van der Waals surface area contributed by atoms with Gasteiger partial charge in [0.2, 0.25) is 0 Å². The fraction of sp³-hybridized carbons (Fsp3) is 0.600. The van der Waals surface area contributed by atoms with Crippen molar-refractivity contribution in [2.24, 2.45) is 0 Å². The van der Waals surface area contributed by atoms with Gasteiger partial charge in [0.15, 0.2) is 0 Å². The van der Waals surface area contributed by atoms with Gasteiger partial charge in [-0.25, -0.2) is 0 Å². The van der Waals surface area contributed by atoms with E-state index in [-0.39, 0.29) is 0 Å². The van der Waals surface area contributed by atoms with Crippen LogP contribution in [0.2, 0.25) is 0 Å². The lowest BCUT2D eigenvalue weighted by atomic mass is 10.1. The van der Waals surface area contributed by atoms with Crippen molar-refractivity contribution < 1.29 is 0 Å². The van der Waals surface area contributed by atoms with E-state index in [0.717, 1.165) is 5.66 Å². The van der Waals surface area contributed by atoms with Crippen LogP contribution in [0.5, 0.6) is 0 Å². The van der Waals surface area contributed by atoms with Gasteiger partial charge in [-0.1, -0.05) is 56.7 Å². The number of hydrogen-bond acceptors (Lipinski definition) is 0. The van der Waals surface area contributed by atoms with Gasteiger partial charge in [-0.3, -0.25) is 0 Å². The Labute approximate surface area is 131 Å². The van der Waals surface area contributed by atoms with E-state index in [9.17, 15) is 0 Å². The van der Waals surface area contributed by atoms with Crippen LogP contribution in [0.25, 0.3) is 6.08 Å². The highest BCUT2D eigenvalue weighted by molar-refractivity contribution is 7.86. The molecule has 3 rings (SSSR count). The summed E-state index contributed by atoms with van der Waals surface area (Å²) in [7, 11) is -1.06. The summed E-state index contributed by atoms with van der Waals surface area (Å²) in [5.74, 6) is 2.61. The summed E-state index contributed by atoms with van der Waals surface area (Å²) in [4.78, 5) is 0. The van der Waals surface area contributed by atoms with Crippen molar-refractivity contribution in [3.05, 3.63) is 35.6 Å². The Morgan fingerprint density at radius 1 is 0.810 bits per heavy atom. The number of fused-ring (bicyclic) bond motifs is 1. The van der Waals surface area contributed by atoms with Crippen LogP contribution >= 0.6 is 7.26 Å². The molecule has 0 N–H and O–H groups in total. The zero-order valence-corrected chi connectivity index (χ0v) is 14.5. The van der Waals surface area contributed by atoms with Crippen LogP contribution in [0, 0.1) is 0 Å². The maximum atomic E-state index is 2.61. The largest absolute Gasteiger partial charge is 0.106 e. The van der Waals surface area contributed by atoms with Gasteiger partial charge < -0.3 is 0 Å². The molecule has 0 aromatic heterocycles. The summed E-state index contributed by atoms with van der Waals surface area (Å²) in [6, 6.07) is 9.15. The van der Waals surface area contributed by atoms with Crippen molar-refractivity contribution in [1.29, 1.82) is 0 Å². The average Bonchev–Trinajstić information content (AvgIpc) is 2.82. The molecule has 1 saturated carbocycles. The van der Waals surface area contributed by atoms with E-state index in [4.69, 9.17) is 0 Å². The molecule has 0 radical (unpaired) electrons. The number of benzene rings is 1. The SMILES string of the molecule is C[P+]1(C2CCCCCCCCCC2)C=Cc2ccccc21. The van der Waals surface area contributed by atoms with Crippen molar-refractivity contribution in [3.63, 3.8) is 0 Å². The Morgan fingerprint density at radius 3 is 2.05 bits per heavy atom. The predicted molar refractivity (Wildman–Crippen MR) is 97.9 cm³/mol. The molecular weight excluding hydrogens is 271 g/mol. The standard InChI is InChI=1S/C20H30P/c1-21(17-16-18-12-10-11-15-20(18)21)19-13-8-6-4-2-3-5-7-9-14-19/h10-12,15-17,19H,2-9,13-14H2,1H3/q+1.